The van der Waals surface area contributed by atoms with Gasteiger partial charge in [-0.1, -0.05) is 42.5 Å². The normalized spacial score (nSPS) is 11.0. The highest BCUT2D eigenvalue weighted by molar-refractivity contribution is 5.90. The van der Waals surface area contributed by atoms with E-state index < -0.39 is 10.8 Å². The molecule has 5 rings (SSSR count). The van der Waals surface area contributed by atoms with Gasteiger partial charge in [-0.15, -0.1) is 0 Å². The lowest BCUT2D eigenvalue weighted by atomic mass is 10.2. The van der Waals surface area contributed by atoms with E-state index in [0.717, 1.165) is 11.1 Å². The average molecular weight is 485 g/mol. The molecule has 2 aromatic carbocycles. The van der Waals surface area contributed by atoms with Gasteiger partial charge in [0.25, 0.3) is 17.1 Å². The molecule has 5 aromatic rings. The highest BCUT2D eigenvalue weighted by Gasteiger charge is 2.15. The Morgan fingerprint density at radius 3 is 2.58 bits per heavy atom. The molecule has 0 aliphatic heterocycles. The number of oxazole rings is 1. The van der Waals surface area contributed by atoms with Crippen molar-refractivity contribution in [3.63, 3.8) is 0 Å². The molecule has 0 atom stereocenters. The van der Waals surface area contributed by atoms with E-state index in [-0.39, 0.29) is 36.8 Å². The Kier molecular flexibility index (Phi) is 6.05. The zero-order valence-corrected chi connectivity index (χ0v) is 18.8. The molecule has 0 bridgehead atoms. The van der Waals surface area contributed by atoms with Crippen LogP contribution in [0.25, 0.3) is 22.4 Å². The zero-order chi connectivity index (χ0) is 25.1. The smallest absolute Gasteiger partial charge is 0.307 e. The van der Waals surface area contributed by atoms with E-state index in [1.54, 1.807) is 12.1 Å². The SMILES string of the molecule is O=C(NCCn1ncc2c(=O)n(Cc3ccc([N+](=O)[O-])cc3)cnc21)c1ncc(-c2ccccc2)o1. The van der Waals surface area contributed by atoms with E-state index in [1.165, 1.54) is 40.1 Å². The molecule has 0 unspecified atom stereocenters. The molecule has 0 saturated heterocycles. The Hall–Kier alpha value is -5.13. The molecule has 0 aliphatic carbocycles. The third-order valence-electron chi connectivity index (χ3n) is 5.49. The van der Waals surface area contributed by atoms with Crippen LogP contribution < -0.4 is 10.9 Å². The summed E-state index contributed by atoms with van der Waals surface area (Å²) in [6.07, 6.45) is 4.33. The lowest BCUT2D eigenvalue weighted by Gasteiger charge is -2.07. The minimum Gasteiger partial charge on any atom is -0.432 e. The maximum atomic E-state index is 12.9. The monoisotopic (exact) mass is 485 g/mol. The molecule has 1 N–H and O–H groups in total. The summed E-state index contributed by atoms with van der Waals surface area (Å²) in [4.78, 5) is 44.0. The van der Waals surface area contributed by atoms with Crippen molar-refractivity contribution < 1.29 is 14.1 Å². The first-order valence-corrected chi connectivity index (χ1v) is 10.9. The minimum absolute atomic E-state index is 0.0208. The second-order valence-electron chi connectivity index (χ2n) is 7.86. The average Bonchev–Trinajstić information content (AvgIpc) is 3.55. The first-order chi connectivity index (χ1) is 17.5. The van der Waals surface area contributed by atoms with Crippen LogP contribution in [0.15, 0.2) is 82.5 Å². The minimum atomic E-state index is -0.479. The molecule has 1 amide bonds. The van der Waals surface area contributed by atoms with Gasteiger partial charge in [0, 0.05) is 24.2 Å². The van der Waals surface area contributed by atoms with Crippen LogP contribution in [0.1, 0.15) is 16.2 Å². The number of fused-ring (bicyclic) bond motifs is 1. The molecule has 0 fully saturated rings. The van der Waals surface area contributed by atoms with Crippen LogP contribution >= 0.6 is 0 Å². The van der Waals surface area contributed by atoms with Gasteiger partial charge < -0.3 is 9.73 Å². The van der Waals surface area contributed by atoms with Gasteiger partial charge in [-0.3, -0.25) is 24.3 Å². The molecule has 0 saturated carbocycles. The van der Waals surface area contributed by atoms with Crippen LogP contribution in [0.5, 0.6) is 0 Å². The van der Waals surface area contributed by atoms with E-state index in [4.69, 9.17) is 4.42 Å². The summed E-state index contributed by atoms with van der Waals surface area (Å²) < 4.78 is 8.48. The lowest BCUT2D eigenvalue weighted by Crippen LogP contribution is -2.28. The quantitative estimate of drug-likeness (QED) is 0.260. The predicted octanol–water partition coefficient (Wildman–Crippen LogP) is 2.63. The summed E-state index contributed by atoms with van der Waals surface area (Å²) in [5.41, 5.74) is 1.62. The molecular formula is C24H19N7O5. The molecule has 36 heavy (non-hydrogen) atoms. The second kappa shape index (κ2) is 9.62. The van der Waals surface area contributed by atoms with Crippen LogP contribution in [0.3, 0.4) is 0 Å². The molecule has 12 nitrogen and oxygen atoms in total. The Bertz CT molecular complexity index is 1600. The summed E-state index contributed by atoms with van der Waals surface area (Å²) in [6, 6.07) is 15.3. The maximum absolute atomic E-state index is 12.9. The van der Waals surface area contributed by atoms with E-state index in [9.17, 15) is 19.7 Å². The fourth-order valence-corrected chi connectivity index (χ4v) is 3.66. The Morgan fingerprint density at radius 2 is 1.83 bits per heavy atom. The van der Waals surface area contributed by atoms with E-state index in [0.29, 0.717) is 16.8 Å². The molecule has 12 heteroatoms. The first kappa shape index (κ1) is 22.7. The van der Waals surface area contributed by atoms with Crippen LogP contribution in [0, 0.1) is 10.1 Å². The van der Waals surface area contributed by atoms with Crippen molar-refractivity contribution in [2.75, 3.05) is 6.54 Å². The topological polar surface area (TPSA) is 151 Å². The molecule has 180 valence electrons. The number of non-ortho nitro benzene ring substituents is 1. The third kappa shape index (κ3) is 4.59. The van der Waals surface area contributed by atoms with Crippen molar-refractivity contribution in [1.82, 2.24) is 29.6 Å². The standard InChI is InChI=1S/C24H19N7O5/c32-22(23-26-13-20(36-23)17-4-2-1-3-5-17)25-10-11-30-21-19(12-28-30)24(33)29(15-27-21)14-16-6-8-18(9-7-16)31(34)35/h1-9,12-13,15H,10-11,14H2,(H,25,32). The van der Waals surface area contributed by atoms with Crippen molar-refractivity contribution in [2.24, 2.45) is 0 Å². The Balaban J connectivity index is 1.23. The van der Waals surface area contributed by atoms with Gasteiger partial charge in [0.05, 0.1) is 30.4 Å². The highest BCUT2D eigenvalue weighted by atomic mass is 16.6. The number of nitro benzene ring substituents is 1. The largest absolute Gasteiger partial charge is 0.432 e. The number of hydrogen-bond acceptors (Lipinski definition) is 8. The van der Waals surface area contributed by atoms with Crippen molar-refractivity contribution in [2.45, 2.75) is 13.1 Å². The van der Waals surface area contributed by atoms with Gasteiger partial charge >= 0.3 is 5.91 Å². The Morgan fingerprint density at radius 1 is 1.06 bits per heavy atom. The number of amides is 1. The maximum Gasteiger partial charge on any atom is 0.307 e. The van der Waals surface area contributed by atoms with E-state index >= 15 is 0 Å². The van der Waals surface area contributed by atoms with Crippen molar-refractivity contribution in [1.29, 1.82) is 0 Å². The fraction of sp³-hybridized carbons (Fsp3) is 0.125. The molecule has 0 spiro atoms. The van der Waals surface area contributed by atoms with Crippen molar-refractivity contribution >= 4 is 22.6 Å². The first-order valence-electron chi connectivity index (χ1n) is 10.9. The molecule has 3 aromatic heterocycles. The van der Waals surface area contributed by atoms with Crippen LogP contribution in [0.4, 0.5) is 5.69 Å². The van der Waals surface area contributed by atoms with Crippen LogP contribution in [-0.2, 0) is 13.1 Å². The number of aromatic nitrogens is 5. The Labute approximate surface area is 203 Å². The summed E-state index contributed by atoms with van der Waals surface area (Å²) in [6.45, 7) is 0.703. The number of benzene rings is 2. The molecule has 0 radical (unpaired) electrons. The summed E-state index contributed by atoms with van der Waals surface area (Å²) in [5, 5.41) is 18.1. The van der Waals surface area contributed by atoms with Crippen LogP contribution in [-0.4, -0.2) is 41.7 Å². The van der Waals surface area contributed by atoms with Gasteiger partial charge in [0.15, 0.2) is 11.4 Å². The van der Waals surface area contributed by atoms with Gasteiger partial charge in [-0.25, -0.2) is 14.6 Å². The van der Waals surface area contributed by atoms with E-state index in [2.05, 4.69) is 20.4 Å². The number of nitrogens with zero attached hydrogens (tertiary/aromatic N) is 6. The van der Waals surface area contributed by atoms with Gasteiger partial charge in [0.1, 0.15) is 11.7 Å². The number of nitrogens with one attached hydrogen (secondary N) is 1. The summed E-state index contributed by atoms with van der Waals surface area (Å²) >= 11 is 0. The number of hydrogen-bond donors (Lipinski definition) is 1. The molecule has 3 heterocycles. The molecular weight excluding hydrogens is 466 g/mol. The van der Waals surface area contributed by atoms with Crippen molar-refractivity contribution in [3.8, 4) is 11.3 Å². The van der Waals surface area contributed by atoms with Gasteiger partial charge in [0.2, 0.25) is 0 Å². The van der Waals surface area contributed by atoms with Gasteiger partial charge in [-0.05, 0) is 5.56 Å². The number of nitro groups is 1. The summed E-state index contributed by atoms with van der Waals surface area (Å²) in [5.74, 6) is -0.0217. The third-order valence-corrected chi connectivity index (χ3v) is 5.49. The highest BCUT2D eigenvalue weighted by Crippen LogP contribution is 2.19. The lowest BCUT2D eigenvalue weighted by molar-refractivity contribution is -0.384. The number of carbonyl (C=O) groups is 1. The van der Waals surface area contributed by atoms with Gasteiger partial charge in [-0.2, -0.15) is 5.10 Å². The fourth-order valence-electron chi connectivity index (χ4n) is 3.66. The van der Waals surface area contributed by atoms with Crippen LogP contribution in [0.2, 0.25) is 0 Å². The zero-order valence-electron chi connectivity index (χ0n) is 18.8. The van der Waals surface area contributed by atoms with E-state index in [1.807, 2.05) is 30.3 Å². The molecule has 0 aliphatic rings. The predicted molar refractivity (Wildman–Crippen MR) is 128 cm³/mol. The summed E-state index contributed by atoms with van der Waals surface area (Å²) in [7, 11) is 0. The number of carbonyl (C=O) groups excluding carboxylic acids is 1. The number of rotatable bonds is 8. The second-order valence-corrected chi connectivity index (χ2v) is 7.86. The van der Waals surface area contributed by atoms with Crippen molar-refractivity contribution in [3.05, 3.63) is 105 Å².